The van der Waals surface area contributed by atoms with Gasteiger partial charge in [-0.25, -0.2) is 5.84 Å². The van der Waals surface area contributed by atoms with Gasteiger partial charge >= 0.3 is 0 Å². The smallest absolute Gasteiger partial charge is 0.223 e. The maximum Gasteiger partial charge on any atom is 0.223 e. The lowest BCUT2D eigenvalue weighted by Crippen LogP contribution is -2.43. The first-order chi connectivity index (χ1) is 6.79. The number of hydrogen-bond donors (Lipinski definition) is 1. The molecule has 0 spiro atoms. The van der Waals surface area contributed by atoms with Gasteiger partial charge in [0.15, 0.2) is 0 Å². The van der Waals surface area contributed by atoms with Gasteiger partial charge in [0.2, 0.25) is 6.41 Å². The largest absolute Gasteiger partial charge is 0.279 e. The number of carbonyl (C=O) groups excluding carboxylic acids is 1. The zero-order valence-electron chi connectivity index (χ0n) is 8.82. The van der Waals surface area contributed by atoms with Crippen LogP contribution in [0.4, 0.5) is 0 Å². The molecule has 0 saturated carbocycles. The summed E-state index contributed by atoms with van der Waals surface area (Å²) in [6.45, 7) is 2.21. The molecule has 2 atom stereocenters. The maximum absolute atomic E-state index is 10.6. The first-order valence-corrected chi connectivity index (χ1v) is 6.44. The molecule has 14 heavy (non-hydrogen) atoms. The fourth-order valence-electron chi connectivity index (χ4n) is 1.93. The summed E-state index contributed by atoms with van der Waals surface area (Å²) < 4.78 is 0. The molecule has 1 amide bonds. The molecule has 1 rings (SSSR count). The lowest BCUT2D eigenvalue weighted by atomic mass is 10.1. The molecule has 0 aromatic rings. The third-order valence-electron chi connectivity index (χ3n) is 2.77. The number of nitrogens with zero attached hydrogens (tertiary/aromatic N) is 1. The fourth-order valence-corrected chi connectivity index (χ4v) is 3.44. The molecule has 4 heteroatoms. The molecule has 0 aliphatic carbocycles. The van der Waals surface area contributed by atoms with Crippen LogP contribution in [0, 0.1) is 0 Å². The van der Waals surface area contributed by atoms with Gasteiger partial charge in [-0.2, -0.15) is 11.8 Å². The molecule has 2 N–H and O–H groups in total. The summed E-state index contributed by atoms with van der Waals surface area (Å²) in [6, 6.07) is 0.273. The molecular formula is C10H20N2OS. The molecule has 2 unspecified atom stereocenters. The molecule has 82 valence electrons. The van der Waals surface area contributed by atoms with Gasteiger partial charge in [-0.3, -0.25) is 9.80 Å². The highest BCUT2D eigenvalue weighted by atomic mass is 32.2. The van der Waals surface area contributed by atoms with E-state index >= 15 is 0 Å². The highest BCUT2D eigenvalue weighted by molar-refractivity contribution is 8.00. The van der Waals surface area contributed by atoms with Crippen LogP contribution in [0.15, 0.2) is 0 Å². The van der Waals surface area contributed by atoms with Crippen LogP contribution in [-0.4, -0.2) is 28.5 Å². The van der Waals surface area contributed by atoms with Gasteiger partial charge < -0.3 is 0 Å². The van der Waals surface area contributed by atoms with Crippen molar-refractivity contribution in [2.24, 2.45) is 5.84 Å². The lowest BCUT2D eigenvalue weighted by Gasteiger charge is -2.24. The number of hydrogen-bond acceptors (Lipinski definition) is 3. The second kappa shape index (κ2) is 6.30. The molecule has 3 nitrogen and oxygen atoms in total. The van der Waals surface area contributed by atoms with E-state index in [9.17, 15) is 4.79 Å². The molecule has 1 heterocycles. The van der Waals surface area contributed by atoms with E-state index in [4.69, 9.17) is 5.84 Å². The van der Waals surface area contributed by atoms with Gasteiger partial charge in [0.25, 0.3) is 0 Å². The van der Waals surface area contributed by atoms with Crippen LogP contribution < -0.4 is 5.84 Å². The minimum Gasteiger partial charge on any atom is -0.279 e. The van der Waals surface area contributed by atoms with Crippen molar-refractivity contribution in [2.75, 3.05) is 5.75 Å². The SMILES string of the molecule is CCCCCC1SCCC1N(N)C=O. The number of unbranched alkanes of at least 4 members (excludes halogenated alkanes) is 2. The van der Waals surface area contributed by atoms with Crippen LogP contribution in [0.3, 0.4) is 0 Å². The van der Waals surface area contributed by atoms with Gasteiger partial charge in [0, 0.05) is 5.25 Å². The van der Waals surface area contributed by atoms with Crippen molar-refractivity contribution < 1.29 is 4.79 Å². The standard InChI is InChI=1S/C10H20N2OS/c1-2-3-4-5-10-9(6-7-14-10)12(11)8-13/h8-10H,2-7,11H2,1H3. The number of thioether (sulfide) groups is 1. The molecule has 0 radical (unpaired) electrons. The fraction of sp³-hybridized carbons (Fsp3) is 0.900. The van der Waals surface area contributed by atoms with Crippen molar-refractivity contribution in [1.82, 2.24) is 5.01 Å². The number of carbonyl (C=O) groups is 1. The van der Waals surface area contributed by atoms with E-state index in [0.29, 0.717) is 5.25 Å². The Balaban J connectivity index is 2.31. The van der Waals surface area contributed by atoms with Gasteiger partial charge in [-0.05, 0) is 18.6 Å². The van der Waals surface area contributed by atoms with Crippen molar-refractivity contribution in [3.8, 4) is 0 Å². The lowest BCUT2D eigenvalue weighted by molar-refractivity contribution is -0.120. The van der Waals surface area contributed by atoms with Crippen LogP contribution in [0.25, 0.3) is 0 Å². The second-order valence-corrected chi connectivity index (χ2v) is 5.16. The third-order valence-corrected chi connectivity index (χ3v) is 4.22. The van der Waals surface area contributed by atoms with E-state index in [0.717, 1.165) is 18.6 Å². The Hall–Kier alpha value is -0.220. The number of nitrogens with two attached hydrogens (primary N) is 1. The second-order valence-electron chi connectivity index (χ2n) is 3.81. The molecule has 1 saturated heterocycles. The van der Waals surface area contributed by atoms with E-state index in [2.05, 4.69) is 6.92 Å². The summed E-state index contributed by atoms with van der Waals surface area (Å²) >= 11 is 1.96. The quantitative estimate of drug-likeness (QED) is 0.242. The Bertz CT molecular complexity index is 178. The maximum atomic E-state index is 10.6. The average Bonchev–Trinajstić information content (AvgIpc) is 2.65. The summed E-state index contributed by atoms with van der Waals surface area (Å²) in [7, 11) is 0. The van der Waals surface area contributed by atoms with Gasteiger partial charge in [-0.1, -0.05) is 26.2 Å². The molecule has 0 aromatic heterocycles. The minimum absolute atomic E-state index is 0.273. The summed E-state index contributed by atoms with van der Waals surface area (Å²) in [4.78, 5) is 10.6. The number of hydrazine groups is 1. The van der Waals surface area contributed by atoms with Gasteiger partial charge in [-0.15, -0.1) is 0 Å². The summed E-state index contributed by atoms with van der Waals surface area (Å²) in [5.41, 5.74) is 0. The van der Waals surface area contributed by atoms with E-state index in [-0.39, 0.29) is 6.04 Å². The monoisotopic (exact) mass is 216 g/mol. The molecular weight excluding hydrogens is 196 g/mol. The highest BCUT2D eigenvalue weighted by Gasteiger charge is 2.30. The van der Waals surface area contributed by atoms with E-state index in [1.54, 1.807) is 0 Å². The normalized spacial score (nSPS) is 26.4. The van der Waals surface area contributed by atoms with Gasteiger partial charge in [0.05, 0.1) is 6.04 Å². The summed E-state index contributed by atoms with van der Waals surface area (Å²) in [5, 5.41) is 1.92. The van der Waals surface area contributed by atoms with Crippen LogP contribution >= 0.6 is 11.8 Å². The van der Waals surface area contributed by atoms with E-state index < -0.39 is 0 Å². The Kier molecular flexibility index (Phi) is 5.33. The van der Waals surface area contributed by atoms with Crippen LogP contribution in [0.2, 0.25) is 0 Å². The van der Waals surface area contributed by atoms with Crippen LogP contribution in [-0.2, 0) is 4.79 Å². The van der Waals surface area contributed by atoms with Crippen LogP contribution in [0.5, 0.6) is 0 Å². The molecule has 1 aliphatic rings. The number of amides is 1. The highest BCUT2D eigenvalue weighted by Crippen LogP contribution is 2.32. The van der Waals surface area contributed by atoms with E-state index in [1.165, 1.54) is 30.7 Å². The Morgan fingerprint density at radius 1 is 1.57 bits per heavy atom. The predicted octanol–water partition coefficient (Wildman–Crippen LogP) is 1.77. The van der Waals surface area contributed by atoms with Crippen molar-refractivity contribution in [3.05, 3.63) is 0 Å². The Labute approximate surface area is 90.4 Å². The minimum atomic E-state index is 0.273. The molecule has 1 aliphatic heterocycles. The van der Waals surface area contributed by atoms with Crippen molar-refractivity contribution in [1.29, 1.82) is 0 Å². The third kappa shape index (κ3) is 3.17. The van der Waals surface area contributed by atoms with Crippen molar-refractivity contribution in [3.63, 3.8) is 0 Å². The first-order valence-electron chi connectivity index (χ1n) is 5.39. The van der Waals surface area contributed by atoms with Crippen molar-refractivity contribution in [2.45, 2.75) is 50.3 Å². The average molecular weight is 216 g/mol. The zero-order chi connectivity index (χ0) is 10.4. The Morgan fingerprint density at radius 3 is 3.00 bits per heavy atom. The predicted molar refractivity (Wildman–Crippen MR) is 60.9 cm³/mol. The molecule has 1 fully saturated rings. The summed E-state index contributed by atoms with van der Waals surface area (Å²) in [5.74, 6) is 6.77. The van der Waals surface area contributed by atoms with E-state index in [1.807, 2.05) is 11.8 Å². The van der Waals surface area contributed by atoms with Gasteiger partial charge in [0.1, 0.15) is 0 Å². The van der Waals surface area contributed by atoms with Crippen molar-refractivity contribution >= 4 is 18.2 Å². The number of rotatable bonds is 6. The molecule has 0 bridgehead atoms. The molecule has 0 aromatic carbocycles. The van der Waals surface area contributed by atoms with Crippen LogP contribution in [0.1, 0.15) is 39.0 Å². The Morgan fingerprint density at radius 2 is 2.36 bits per heavy atom. The topological polar surface area (TPSA) is 46.3 Å². The first kappa shape index (κ1) is 11.9. The summed E-state index contributed by atoms with van der Waals surface area (Å²) in [6.07, 6.45) is 6.81. The zero-order valence-corrected chi connectivity index (χ0v) is 9.63.